The third kappa shape index (κ3) is 4.93. The molecular formula is C27H24N2O2. The number of ether oxygens (including phenoxy) is 2. The van der Waals surface area contributed by atoms with Crippen LogP contribution in [0.3, 0.4) is 0 Å². The molecule has 0 fully saturated rings. The van der Waals surface area contributed by atoms with Crippen molar-refractivity contribution in [3.63, 3.8) is 0 Å². The molecule has 154 valence electrons. The Labute approximate surface area is 182 Å². The SMILES string of the molecule is COc1ccc(C=Cc2ccc(C=Cc3ccc(OC)cc3)n2-c2ccccn2)cc1. The number of hydrogen-bond acceptors (Lipinski definition) is 3. The van der Waals surface area contributed by atoms with Crippen LogP contribution in [0.1, 0.15) is 22.5 Å². The van der Waals surface area contributed by atoms with E-state index in [0.717, 1.165) is 39.8 Å². The molecule has 4 nitrogen and oxygen atoms in total. The zero-order chi connectivity index (χ0) is 21.5. The minimum Gasteiger partial charge on any atom is -0.497 e. The quantitative estimate of drug-likeness (QED) is 0.364. The molecule has 0 bridgehead atoms. The molecule has 0 atom stereocenters. The van der Waals surface area contributed by atoms with E-state index in [-0.39, 0.29) is 0 Å². The van der Waals surface area contributed by atoms with E-state index in [1.54, 1.807) is 14.2 Å². The Hall–Kier alpha value is -4.05. The maximum absolute atomic E-state index is 5.24. The van der Waals surface area contributed by atoms with E-state index in [1.165, 1.54) is 0 Å². The maximum Gasteiger partial charge on any atom is 0.137 e. The van der Waals surface area contributed by atoms with Crippen LogP contribution < -0.4 is 9.47 Å². The molecule has 2 heterocycles. The van der Waals surface area contributed by atoms with Crippen molar-refractivity contribution in [1.29, 1.82) is 0 Å². The van der Waals surface area contributed by atoms with E-state index in [0.29, 0.717) is 0 Å². The second-order valence-electron chi connectivity index (χ2n) is 6.92. The van der Waals surface area contributed by atoms with Crippen LogP contribution in [0, 0.1) is 0 Å². The van der Waals surface area contributed by atoms with E-state index >= 15 is 0 Å². The maximum atomic E-state index is 5.24. The topological polar surface area (TPSA) is 36.3 Å². The van der Waals surface area contributed by atoms with Crippen LogP contribution in [0.25, 0.3) is 30.1 Å². The number of methoxy groups -OCH3 is 2. The van der Waals surface area contributed by atoms with Crippen molar-refractivity contribution in [3.8, 4) is 17.3 Å². The fraction of sp³-hybridized carbons (Fsp3) is 0.0741. The van der Waals surface area contributed by atoms with Crippen LogP contribution in [0.2, 0.25) is 0 Å². The highest BCUT2D eigenvalue weighted by molar-refractivity contribution is 5.74. The molecule has 0 aliphatic heterocycles. The van der Waals surface area contributed by atoms with E-state index in [4.69, 9.17) is 9.47 Å². The summed E-state index contributed by atoms with van der Waals surface area (Å²) in [5.41, 5.74) is 4.29. The van der Waals surface area contributed by atoms with Gasteiger partial charge in [-0.25, -0.2) is 4.98 Å². The lowest BCUT2D eigenvalue weighted by Crippen LogP contribution is -2.01. The first-order valence-corrected chi connectivity index (χ1v) is 10.0. The van der Waals surface area contributed by atoms with Gasteiger partial charge in [-0.1, -0.05) is 42.5 Å². The number of aromatic nitrogens is 2. The van der Waals surface area contributed by atoms with Crippen molar-refractivity contribution < 1.29 is 9.47 Å². The summed E-state index contributed by atoms with van der Waals surface area (Å²) < 4.78 is 12.6. The van der Waals surface area contributed by atoms with E-state index < -0.39 is 0 Å². The molecular weight excluding hydrogens is 384 g/mol. The monoisotopic (exact) mass is 408 g/mol. The summed E-state index contributed by atoms with van der Waals surface area (Å²) in [6, 6.07) is 26.1. The second-order valence-corrected chi connectivity index (χ2v) is 6.92. The predicted molar refractivity (Wildman–Crippen MR) is 127 cm³/mol. The van der Waals surface area contributed by atoms with E-state index in [1.807, 2.05) is 72.9 Å². The molecule has 4 heteroatoms. The molecule has 31 heavy (non-hydrogen) atoms. The van der Waals surface area contributed by atoms with E-state index in [2.05, 4.69) is 46.0 Å². The van der Waals surface area contributed by atoms with Crippen molar-refractivity contribution in [3.05, 3.63) is 108 Å². The van der Waals surface area contributed by atoms with Crippen LogP contribution in [0.5, 0.6) is 11.5 Å². The van der Waals surface area contributed by atoms with Crippen LogP contribution in [0.15, 0.2) is 85.1 Å². The molecule has 2 aromatic heterocycles. The Balaban J connectivity index is 1.66. The van der Waals surface area contributed by atoms with Crippen molar-refractivity contribution in [2.45, 2.75) is 0 Å². The summed E-state index contributed by atoms with van der Waals surface area (Å²) in [5.74, 6) is 2.57. The highest BCUT2D eigenvalue weighted by Crippen LogP contribution is 2.21. The van der Waals surface area contributed by atoms with Gasteiger partial charge in [0.15, 0.2) is 0 Å². The summed E-state index contributed by atoms with van der Waals surface area (Å²) in [5, 5.41) is 0. The molecule has 0 spiro atoms. The molecule has 2 aromatic carbocycles. The van der Waals surface area contributed by atoms with Crippen LogP contribution in [0.4, 0.5) is 0 Å². The van der Waals surface area contributed by atoms with Crippen LogP contribution in [-0.2, 0) is 0 Å². The lowest BCUT2D eigenvalue weighted by Gasteiger charge is -2.09. The lowest BCUT2D eigenvalue weighted by molar-refractivity contribution is 0.414. The largest absolute Gasteiger partial charge is 0.497 e. The molecule has 0 amide bonds. The summed E-state index contributed by atoms with van der Waals surface area (Å²) >= 11 is 0. The van der Waals surface area contributed by atoms with E-state index in [9.17, 15) is 0 Å². The van der Waals surface area contributed by atoms with Crippen LogP contribution >= 0.6 is 0 Å². The Morgan fingerprint density at radius 2 is 1.13 bits per heavy atom. The normalized spacial score (nSPS) is 11.3. The highest BCUT2D eigenvalue weighted by Gasteiger charge is 2.07. The molecule has 0 N–H and O–H groups in total. The zero-order valence-electron chi connectivity index (χ0n) is 17.6. The van der Waals surface area contributed by atoms with Gasteiger partial charge in [0, 0.05) is 17.6 Å². The van der Waals surface area contributed by atoms with Gasteiger partial charge in [-0.05, 0) is 71.8 Å². The Kier molecular flexibility index (Phi) is 6.29. The van der Waals surface area contributed by atoms with Crippen molar-refractivity contribution in [2.75, 3.05) is 14.2 Å². The molecule has 4 aromatic rings. The molecule has 0 radical (unpaired) electrons. The average Bonchev–Trinajstić information content (AvgIpc) is 3.25. The van der Waals surface area contributed by atoms with Gasteiger partial charge < -0.3 is 9.47 Å². The second kappa shape index (κ2) is 9.63. The Morgan fingerprint density at radius 1 is 0.613 bits per heavy atom. The first-order valence-electron chi connectivity index (χ1n) is 10.0. The van der Waals surface area contributed by atoms with Crippen LogP contribution in [-0.4, -0.2) is 23.8 Å². The Bertz CT molecular complexity index is 1100. The third-order valence-corrected chi connectivity index (χ3v) is 4.94. The minimum atomic E-state index is 0.847. The summed E-state index contributed by atoms with van der Waals surface area (Å²) in [4.78, 5) is 4.56. The lowest BCUT2D eigenvalue weighted by atomic mass is 10.2. The number of pyridine rings is 1. The highest BCUT2D eigenvalue weighted by atomic mass is 16.5. The molecule has 0 aliphatic rings. The van der Waals surface area contributed by atoms with Gasteiger partial charge in [0.1, 0.15) is 17.3 Å². The Morgan fingerprint density at radius 3 is 1.55 bits per heavy atom. The zero-order valence-corrected chi connectivity index (χ0v) is 17.6. The summed E-state index contributed by atoms with van der Waals surface area (Å²) in [6.07, 6.45) is 10.2. The molecule has 0 unspecified atom stereocenters. The number of hydrogen-bond donors (Lipinski definition) is 0. The van der Waals surface area contributed by atoms with Gasteiger partial charge >= 0.3 is 0 Å². The predicted octanol–water partition coefficient (Wildman–Crippen LogP) is 6.23. The fourth-order valence-electron chi connectivity index (χ4n) is 3.27. The van der Waals surface area contributed by atoms with Gasteiger partial charge in [-0.15, -0.1) is 0 Å². The molecule has 4 rings (SSSR count). The fourth-order valence-corrected chi connectivity index (χ4v) is 3.27. The number of benzene rings is 2. The van der Waals surface area contributed by atoms with Crippen molar-refractivity contribution in [2.24, 2.45) is 0 Å². The number of nitrogens with zero attached hydrogens (tertiary/aromatic N) is 2. The summed E-state index contributed by atoms with van der Waals surface area (Å²) in [7, 11) is 3.34. The van der Waals surface area contributed by atoms with Gasteiger partial charge in [0.2, 0.25) is 0 Å². The van der Waals surface area contributed by atoms with Gasteiger partial charge in [-0.2, -0.15) is 0 Å². The minimum absolute atomic E-state index is 0.847. The molecule has 0 saturated heterocycles. The van der Waals surface area contributed by atoms with Crippen molar-refractivity contribution in [1.82, 2.24) is 9.55 Å². The van der Waals surface area contributed by atoms with Gasteiger partial charge in [0.05, 0.1) is 14.2 Å². The average molecular weight is 409 g/mol. The van der Waals surface area contributed by atoms with Gasteiger partial charge in [-0.3, -0.25) is 4.57 Å². The standard InChI is InChI=1S/C27H24N2O2/c1-30-25-16-8-21(9-17-25)6-12-23-14-15-24(29(23)27-5-3-4-20-28-27)13-7-22-10-18-26(31-2)19-11-22/h3-20H,1-2H3. The molecule has 0 saturated carbocycles. The smallest absolute Gasteiger partial charge is 0.137 e. The molecule has 0 aliphatic carbocycles. The third-order valence-electron chi connectivity index (χ3n) is 4.94. The first-order chi connectivity index (χ1) is 15.3. The first kappa shape index (κ1) is 20.2. The van der Waals surface area contributed by atoms with Crippen molar-refractivity contribution >= 4 is 24.3 Å². The number of rotatable bonds is 7. The summed E-state index contributed by atoms with van der Waals surface area (Å²) in [6.45, 7) is 0. The van der Waals surface area contributed by atoms with Gasteiger partial charge in [0.25, 0.3) is 0 Å².